The standard InChI is InChI=1S/C13H17N5O3S/c1-8(18-22(20)13(2,3)4)10-11(15-6-5-14-10)12-17-16-9(19)7-21-12/h5-6H,7H2,1-4H3,(H,16,19). The third-order valence-electron chi connectivity index (χ3n) is 2.61. The van der Waals surface area contributed by atoms with Crippen LogP contribution in [0.2, 0.25) is 0 Å². The summed E-state index contributed by atoms with van der Waals surface area (Å²) in [5, 5.41) is 3.81. The van der Waals surface area contributed by atoms with Gasteiger partial charge in [-0.25, -0.2) is 10.4 Å². The maximum atomic E-state index is 12.1. The molecule has 2 rings (SSSR count). The maximum Gasteiger partial charge on any atom is 0.278 e. The number of hydrazone groups is 1. The molecule has 9 heteroatoms. The average molecular weight is 323 g/mol. The number of rotatable bonds is 3. The van der Waals surface area contributed by atoms with Crippen LogP contribution in [0, 0.1) is 0 Å². The molecular formula is C13H17N5O3S. The summed E-state index contributed by atoms with van der Waals surface area (Å²) in [6.45, 7) is 7.06. The van der Waals surface area contributed by atoms with E-state index in [1.807, 2.05) is 20.8 Å². The van der Waals surface area contributed by atoms with E-state index in [1.54, 1.807) is 6.92 Å². The molecule has 0 fully saturated rings. The fourth-order valence-electron chi connectivity index (χ4n) is 1.50. The fourth-order valence-corrected chi connectivity index (χ4v) is 2.11. The highest BCUT2D eigenvalue weighted by Gasteiger charge is 2.28. The van der Waals surface area contributed by atoms with Gasteiger partial charge in [0.1, 0.15) is 27.5 Å². The Morgan fingerprint density at radius 1 is 1.41 bits per heavy atom. The summed E-state index contributed by atoms with van der Waals surface area (Å²) in [7, 11) is 0. The number of nitrogens with zero attached hydrogens (tertiary/aromatic N) is 4. The van der Waals surface area contributed by atoms with Gasteiger partial charge >= 0.3 is 0 Å². The van der Waals surface area contributed by atoms with Crippen LogP contribution in [0.3, 0.4) is 0 Å². The smallest absolute Gasteiger partial charge is 0.278 e. The third-order valence-corrected chi connectivity index (χ3v) is 4.10. The number of nitrogens with one attached hydrogen (secondary N) is 1. The number of carbonyl (C=O) groups excluding carboxylic acids is 1. The Labute approximate surface area is 131 Å². The van der Waals surface area contributed by atoms with Crippen LogP contribution in [-0.2, 0) is 20.9 Å². The second-order valence-corrected chi connectivity index (χ2v) is 7.44. The van der Waals surface area contributed by atoms with E-state index in [0.29, 0.717) is 17.1 Å². The molecule has 1 aliphatic rings. The highest BCUT2D eigenvalue weighted by atomic mass is 32.2. The van der Waals surface area contributed by atoms with E-state index in [4.69, 9.17) is 4.74 Å². The van der Waals surface area contributed by atoms with E-state index in [1.165, 1.54) is 12.4 Å². The van der Waals surface area contributed by atoms with Crippen molar-refractivity contribution in [2.45, 2.75) is 32.4 Å². The first-order chi connectivity index (χ1) is 10.3. The quantitative estimate of drug-likeness (QED) is 0.645. The number of aromatic nitrogens is 2. The molecule has 0 bridgehead atoms. The van der Waals surface area contributed by atoms with Crippen molar-refractivity contribution in [3.63, 3.8) is 0 Å². The van der Waals surface area contributed by atoms with Crippen LogP contribution in [0.5, 0.6) is 0 Å². The lowest BCUT2D eigenvalue weighted by Gasteiger charge is -2.19. The summed E-state index contributed by atoms with van der Waals surface area (Å²) in [6.07, 6.45) is 2.98. The normalized spacial score (nSPS) is 17.4. The minimum Gasteiger partial charge on any atom is -0.591 e. The Bertz CT molecular complexity index is 639. The van der Waals surface area contributed by atoms with Crippen LogP contribution in [0.4, 0.5) is 0 Å². The van der Waals surface area contributed by atoms with Gasteiger partial charge in [0.15, 0.2) is 12.3 Å². The van der Waals surface area contributed by atoms with Crippen LogP contribution in [0.15, 0.2) is 21.9 Å². The molecule has 1 atom stereocenters. The van der Waals surface area contributed by atoms with Crippen molar-refractivity contribution < 1.29 is 14.1 Å². The zero-order chi connectivity index (χ0) is 16.3. The highest BCUT2D eigenvalue weighted by molar-refractivity contribution is 7.91. The summed E-state index contributed by atoms with van der Waals surface area (Å²) in [5.74, 6) is -0.188. The number of hydrogen-bond donors (Lipinski definition) is 1. The van der Waals surface area contributed by atoms with Gasteiger partial charge in [0.2, 0.25) is 0 Å². The van der Waals surface area contributed by atoms with Crippen molar-refractivity contribution in [3.05, 3.63) is 23.8 Å². The molecule has 1 aromatic heterocycles. The van der Waals surface area contributed by atoms with Gasteiger partial charge in [0, 0.05) is 12.4 Å². The molecule has 1 unspecified atom stereocenters. The predicted octanol–water partition coefficient (Wildman–Crippen LogP) is 0.556. The molecule has 0 aromatic carbocycles. The van der Waals surface area contributed by atoms with E-state index in [9.17, 15) is 9.35 Å². The Morgan fingerprint density at radius 3 is 2.68 bits per heavy atom. The van der Waals surface area contributed by atoms with Crippen molar-refractivity contribution >= 4 is 28.9 Å². The SMILES string of the molecule is CC(=N[S+]([O-])C(C)(C)C)c1nccnc1C1=NNC(=O)CO1. The van der Waals surface area contributed by atoms with Gasteiger partial charge in [-0.2, -0.15) is 0 Å². The van der Waals surface area contributed by atoms with Crippen molar-refractivity contribution in [2.75, 3.05) is 6.61 Å². The summed E-state index contributed by atoms with van der Waals surface area (Å²) < 4.78 is 21.1. The van der Waals surface area contributed by atoms with Gasteiger partial charge in [0.05, 0.1) is 0 Å². The van der Waals surface area contributed by atoms with Crippen molar-refractivity contribution in [2.24, 2.45) is 9.50 Å². The molecule has 0 saturated heterocycles. The molecule has 0 aliphatic carbocycles. The van der Waals surface area contributed by atoms with Gasteiger partial charge in [-0.15, -0.1) is 5.10 Å². The monoisotopic (exact) mass is 323 g/mol. The topological polar surface area (TPSA) is 112 Å². The number of hydrogen-bond acceptors (Lipinski definition) is 7. The lowest BCUT2D eigenvalue weighted by atomic mass is 10.2. The molecule has 1 amide bonds. The zero-order valence-electron chi connectivity index (χ0n) is 12.8. The zero-order valence-corrected chi connectivity index (χ0v) is 13.6. The predicted molar refractivity (Wildman–Crippen MR) is 82.8 cm³/mol. The van der Waals surface area contributed by atoms with E-state index in [-0.39, 0.29) is 18.4 Å². The average Bonchev–Trinajstić information content (AvgIpc) is 2.47. The Morgan fingerprint density at radius 2 is 2.09 bits per heavy atom. The van der Waals surface area contributed by atoms with Gasteiger partial charge < -0.3 is 9.29 Å². The van der Waals surface area contributed by atoms with E-state index < -0.39 is 16.1 Å². The Kier molecular flexibility index (Phi) is 4.77. The van der Waals surface area contributed by atoms with Gasteiger partial charge in [-0.05, 0) is 27.7 Å². The molecule has 1 aliphatic heterocycles. The maximum absolute atomic E-state index is 12.1. The van der Waals surface area contributed by atoms with Gasteiger partial charge in [-0.1, -0.05) is 4.40 Å². The number of carbonyl (C=O) groups is 1. The molecule has 1 N–H and O–H groups in total. The van der Waals surface area contributed by atoms with Crippen molar-refractivity contribution in [1.29, 1.82) is 0 Å². The second kappa shape index (κ2) is 6.41. The molecule has 2 heterocycles. The first-order valence-corrected chi connectivity index (χ1v) is 7.68. The molecule has 118 valence electrons. The lowest BCUT2D eigenvalue weighted by Crippen LogP contribution is -2.33. The Balaban J connectivity index is 2.36. The van der Waals surface area contributed by atoms with Crippen LogP contribution in [0.25, 0.3) is 0 Å². The summed E-state index contributed by atoms with van der Waals surface area (Å²) in [5.41, 5.74) is 3.53. The minimum absolute atomic E-state index is 0.140. The largest absolute Gasteiger partial charge is 0.591 e. The molecule has 0 radical (unpaired) electrons. The van der Waals surface area contributed by atoms with Crippen LogP contribution >= 0.6 is 0 Å². The first-order valence-electron chi connectivity index (χ1n) is 6.57. The molecular weight excluding hydrogens is 306 g/mol. The van der Waals surface area contributed by atoms with Gasteiger partial charge in [-0.3, -0.25) is 9.78 Å². The third kappa shape index (κ3) is 3.80. The Hall–Kier alpha value is -2.00. The van der Waals surface area contributed by atoms with E-state index in [2.05, 4.69) is 24.9 Å². The second-order valence-electron chi connectivity index (χ2n) is 5.53. The van der Waals surface area contributed by atoms with Crippen molar-refractivity contribution in [1.82, 2.24) is 15.4 Å². The minimum atomic E-state index is -1.42. The first kappa shape index (κ1) is 16.4. The van der Waals surface area contributed by atoms with Crippen LogP contribution in [-0.4, -0.2) is 43.4 Å². The van der Waals surface area contributed by atoms with Crippen LogP contribution < -0.4 is 5.43 Å². The van der Waals surface area contributed by atoms with E-state index in [0.717, 1.165) is 0 Å². The van der Waals surface area contributed by atoms with E-state index >= 15 is 0 Å². The number of ether oxygens (including phenoxy) is 1. The lowest BCUT2D eigenvalue weighted by molar-refractivity contribution is -0.124. The summed E-state index contributed by atoms with van der Waals surface area (Å²) in [6, 6.07) is 0. The number of amides is 1. The van der Waals surface area contributed by atoms with Crippen LogP contribution in [0.1, 0.15) is 39.1 Å². The highest BCUT2D eigenvalue weighted by Crippen LogP contribution is 2.18. The molecule has 22 heavy (non-hydrogen) atoms. The summed E-state index contributed by atoms with van der Waals surface area (Å²) in [4.78, 5) is 19.4. The molecule has 0 spiro atoms. The fraction of sp³-hybridized carbons (Fsp3) is 0.462. The molecule has 8 nitrogen and oxygen atoms in total. The molecule has 0 saturated carbocycles. The molecule has 1 aromatic rings. The van der Waals surface area contributed by atoms with Crippen molar-refractivity contribution in [3.8, 4) is 0 Å². The van der Waals surface area contributed by atoms with Gasteiger partial charge in [0.25, 0.3) is 11.8 Å². The summed E-state index contributed by atoms with van der Waals surface area (Å²) >= 11 is -1.42.